The molecular weight excluding hydrogens is 320 g/mol. The molecule has 0 aliphatic rings. The smallest absolute Gasteiger partial charge is 0.302 e. The number of aromatic amines is 1. The van der Waals surface area contributed by atoms with Crippen LogP contribution >= 0.6 is 0 Å². The lowest BCUT2D eigenvalue weighted by atomic mass is 10.2. The number of halogens is 2. The molecule has 0 aliphatic carbocycles. The first-order valence-corrected chi connectivity index (χ1v) is 6.86. The molecule has 2 N–H and O–H groups in total. The summed E-state index contributed by atoms with van der Waals surface area (Å²) in [7, 11) is 0. The fourth-order valence-corrected chi connectivity index (χ4v) is 2.08. The molecule has 0 unspecified atom stereocenters. The standard InChI is InChI=1S/C16H11F2N3O3/c17-9-5-6-10-12(7-9)19-16(23)15(10)21-20-14(22)8-24-13-4-2-1-3-11(13)18/h1-7,19,23H,8H2. The summed E-state index contributed by atoms with van der Waals surface area (Å²) in [6.45, 7) is -0.512. The Labute approximate surface area is 134 Å². The molecule has 0 spiro atoms. The third-order valence-corrected chi connectivity index (χ3v) is 3.16. The van der Waals surface area contributed by atoms with Gasteiger partial charge >= 0.3 is 5.91 Å². The maximum atomic E-state index is 13.4. The molecule has 0 saturated heterocycles. The van der Waals surface area contributed by atoms with Crippen LogP contribution in [0.1, 0.15) is 0 Å². The highest BCUT2D eigenvalue weighted by Gasteiger charge is 2.12. The Hall–Kier alpha value is -3.29. The highest BCUT2D eigenvalue weighted by Crippen LogP contribution is 2.35. The largest absolute Gasteiger partial charge is 0.493 e. The summed E-state index contributed by atoms with van der Waals surface area (Å²) in [6, 6.07) is 9.40. The molecule has 3 rings (SSSR count). The first kappa shape index (κ1) is 15.6. The molecule has 0 fully saturated rings. The summed E-state index contributed by atoms with van der Waals surface area (Å²) in [5, 5.41) is 17.2. The monoisotopic (exact) mass is 331 g/mol. The molecule has 0 radical (unpaired) electrons. The van der Waals surface area contributed by atoms with E-state index < -0.39 is 24.1 Å². The summed E-state index contributed by atoms with van der Waals surface area (Å²) in [4.78, 5) is 14.2. The number of carbonyl (C=O) groups excluding carboxylic acids is 1. The second-order valence-corrected chi connectivity index (χ2v) is 4.82. The molecule has 0 bridgehead atoms. The van der Waals surface area contributed by atoms with Crippen molar-refractivity contribution in [3.05, 3.63) is 54.1 Å². The zero-order chi connectivity index (χ0) is 17.1. The number of H-pyrrole nitrogens is 1. The number of aromatic nitrogens is 1. The fourth-order valence-electron chi connectivity index (χ4n) is 2.08. The summed E-state index contributed by atoms with van der Waals surface area (Å²) in [5.41, 5.74) is 0.320. The van der Waals surface area contributed by atoms with Gasteiger partial charge in [0.15, 0.2) is 23.9 Å². The predicted molar refractivity (Wildman–Crippen MR) is 81.3 cm³/mol. The topological polar surface area (TPSA) is 87.0 Å². The number of nitrogens with zero attached hydrogens (tertiary/aromatic N) is 2. The van der Waals surface area contributed by atoms with Crippen LogP contribution in [-0.4, -0.2) is 22.6 Å². The molecule has 1 heterocycles. The van der Waals surface area contributed by atoms with Crippen molar-refractivity contribution in [1.29, 1.82) is 0 Å². The number of benzene rings is 2. The molecular formula is C16H11F2N3O3. The number of hydrogen-bond acceptors (Lipinski definition) is 4. The van der Waals surface area contributed by atoms with Gasteiger partial charge in [-0.15, -0.1) is 10.2 Å². The zero-order valence-corrected chi connectivity index (χ0v) is 12.2. The van der Waals surface area contributed by atoms with Crippen molar-refractivity contribution in [2.45, 2.75) is 0 Å². The molecule has 0 saturated carbocycles. The number of para-hydroxylation sites is 1. The minimum absolute atomic E-state index is 0.00393. The molecule has 8 heteroatoms. The van der Waals surface area contributed by atoms with Gasteiger partial charge in [0.05, 0.1) is 5.52 Å². The third-order valence-electron chi connectivity index (χ3n) is 3.16. The van der Waals surface area contributed by atoms with Gasteiger partial charge in [-0.2, -0.15) is 0 Å². The van der Waals surface area contributed by atoms with Crippen molar-refractivity contribution in [2.75, 3.05) is 6.61 Å². The van der Waals surface area contributed by atoms with E-state index in [9.17, 15) is 18.7 Å². The Balaban J connectivity index is 1.73. The van der Waals surface area contributed by atoms with Gasteiger partial charge < -0.3 is 14.8 Å². The third kappa shape index (κ3) is 3.22. The quantitative estimate of drug-likeness (QED) is 0.712. The van der Waals surface area contributed by atoms with Crippen LogP contribution in [0.2, 0.25) is 0 Å². The number of ether oxygens (including phenoxy) is 1. The van der Waals surface area contributed by atoms with Gasteiger partial charge in [-0.25, -0.2) is 8.78 Å². The van der Waals surface area contributed by atoms with Gasteiger partial charge in [0.25, 0.3) is 0 Å². The normalized spacial score (nSPS) is 11.2. The van der Waals surface area contributed by atoms with Crippen LogP contribution in [0.25, 0.3) is 10.9 Å². The average Bonchev–Trinajstić information content (AvgIpc) is 2.86. The maximum absolute atomic E-state index is 13.4. The molecule has 6 nitrogen and oxygen atoms in total. The number of nitrogens with one attached hydrogen (secondary N) is 1. The van der Waals surface area contributed by atoms with E-state index in [0.29, 0.717) is 10.9 Å². The molecule has 2 aromatic carbocycles. The summed E-state index contributed by atoms with van der Waals surface area (Å²) >= 11 is 0. The number of amides is 1. The molecule has 122 valence electrons. The minimum atomic E-state index is -0.769. The highest BCUT2D eigenvalue weighted by molar-refractivity contribution is 5.94. The van der Waals surface area contributed by atoms with E-state index in [0.717, 1.165) is 0 Å². The first-order valence-electron chi connectivity index (χ1n) is 6.86. The molecule has 1 amide bonds. The number of azo groups is 1. The molecule has 3 aromatic rings. The molecule has 24 heavy (non-hydrogen) atoms. The van der Waals surface area contributed by atoms with Crippen LogP contribution in [0.5, 0.6) is 11.6 Å². The molecule has 1 aromatic heterocycles. The zero-order valence-electron chi connectivity index (χ0n) is 12.2. The Bertz CT molecular complexity index is 937. The van der Waals surface area contributed by atoms with Crippen molar-refractivity contribution in [2.24, 2.45) is 10.2 Å². The minimum Gasteiger partial charge on any atom is -0.493 e. The van der Waals surface area contributed by atoms with Gasteiger partial charge in [0.2, 0.25) is 5.88 Å². The number of aromatic hydroxyl groups is 1. The summed E-state index contributed by atoms with van der Waals surface area (Å²) in [5.74, 6) is -2.28. The molecule has 0 aliphatic heterocycles. The maximum Gasteiger partial charge on any atom is 0.302 e. The molecule has 0 atom stereocenters. The van der Waals surface area contributed by atoms with E-state index in [1.54, 1.807) is 6.07 Å². The van der Waals surface area contributed by atoms with E-state index in [4.69, 9.17) is 4.74 Å². The van der Waals surface area contributed by atoms with Gasteiger partial charge in [0, 0.05) is 5.39 Å². The number of rotatable bonds is 4. The van der Waals surface area contributed by atoms with Crippen LogP contribution < -0.4 is 4.74 Å². The van der Waals surface area contributed by atoms with E-state index in [1.165, 1.54) is 36.4 Å². The van der Waals surface area contributed by atoms with Crippen LogP contribution in [0.4, 0.5) is 14.5 Å². The summed E-state index contributed by atoms with van der Waals surface area (Å²) < 4.78 is 31.5. The van der Waals surface area contributed by atoms with Gasteiger partial charge in [0.1, 0.15) is 5.82 Å². The fraction of sp³-hybridized carbons (Fsp3) is 0.0625. The lowest BCUT2D eigenvalue weighted by Crippen LogP contribution is -2.08. The van der Waals surface area contributed by atoms with Crippen molar-refractivity contribution in [1.82, 2.24) is 4.98 Å². The van der Waals surface area contributed by atoms with Gasteiger partial charge in [-0.3, -0.25) is 4.79 Å². The van der Waals surface area contributed by atoms with Crippen LogP contribution in [0.15, 0.2) is 52.7 Å². The number of carbonyl (C=O) groups is 1. The number of fused-ring (bicyclic) bond motifs is 1. The van der Waals surface area contributed by atoms with E-state index in [2.05, 4.69) is 15.2 Å². The Morgan fingerprint density at radius 1 is 1.21 bits per heavy atom. The second kappa shape index (κ2) is 6.45. The van der Waals surface area contributed by atoms with Crippen molar-refractivity contribution in [3.8, 4) is 11.6 Å². The number of hydrogen-bond donors (Lipinski definition) is 2. The van der Waals surface area contributed by atoms with E-state index in [1.807, 2.05) is 0 Å². The van der Waals surface area contributed by atoms with E-state index in [-0.39, 0.29) is 17.3 Å². The van der Waals surface area contributed by atoms with Gasteiger partial charge in [-0.1, -0.05) is 12.1 Å². The Morgan fingerprint density at radius 2 is 2.00 bits per heavy atom. The van der Waals surface area contributed by atoms with Crippen molar-refractivity contribution < 1.29 is 23.4 Å². The summed E-state index contributed by atoms with van der Waals surface area (Å²) in [6.07, 6.45) is 0. The van der Waals surface area contributed by atoms with Gasteiger partial charge in [-0.05, 0) is 30.3 Å². The van der Waals surface area contributed by atoms with E-state index >= 15 is 0 Å². The SMILES string of the molecule is O=C(COc1ccccc1F)N=Nc1c(O)[nH]c2cc(F)ccc12. The van der Waals surface area contributed by atoms with Crippen LogP contribution in [0, 0.1) is 11.6 Å². The Kier molecular flexibility index (Phi) is 4.19. The van der Waals surface area contributed by atoms with Crippen LogP contribution in [0.3, 0.4) is 0 Å². The van der Waals surface area contributed by atoms with Crippen molar-refractivity contribution >= 4 is 22.5 Å². The lowest BCUT2D eigenvalue weighted by molar-refractivity contribution is -0.120. The Morgan fingerprint density at radius 3 is 2.79 bits per heavy atom. The average molecular weight is 331 g/mol. The highest BCUT2D eigenvalue weighted by atomic mass is 19.1. The van der Waals surface area contributed by atoms with Crippen molar-refractivity contribution in [3.63, 3.8) is 0 Å². The van der Waals surface area contributed by atoms with Crippen LogP contribution in [-0.2, 0) is 4.79 Å². The first-order chi connectivity index (χ1) is 11.5. The lowest BCUT2D eigenvalue weighted by Gasteiger charge is -2.03. The predicted octanol–water partition coefficient (Wildman–Crippen LogP) is 3.84. The second-order valence-electron chi connectivity index (χ2n) is 4.82.